The summed E-state index contributed by atoms with van der Waals surface area (Å²) in [5, 5.41) is 0. The van der Waals surface area contributed by atoms with Gasteiger partial charge in [-0.1, -0.05) is 11.6 Å². The zero-order valence-electron chi connectivity index (χ0n) is 10.4. The molecule has 0 amide bonds. The molecule has 1 aromatic carbocycles. The van der Waals surface area contributed by atoms with Crippen molar-refractivity contribution in [1.82, 2.24) is 0 Å². The smallest absolute Gasteiger partial charge is 0.206 e. The number of methoxy groups -OCH3 is 1. The van der Waals surface area contributed by atoms with Gasteiger partial charge in [0.2, 0.25) is 5.78 Å². The Morgan fingerprint density at radius 2 is 2.00 bits per heavy atom. The highest BCUT2D eigenvalue weighted by molar-refractivity contribution is 9.10. The Kier molecular flexibility index (Phi) is 3.88. The van der Waals surface area contributed by atoms with E-state index in [4.69, 9.17) is 4.74 Å². The molecular weight excluding hydrogens is 312 g/mol. The summed E-state index contributed by atoms with van der Waals surface area (Å²) in [6.07, 6.45) is 0. The summed E-state index contributed by atoms with van der Waals surface area (Å²) in [5.74, 6) is 0.627. The predicted octanol–water partition coefficient (Wildman–Crippen LogP) is 4.37. The van der Waals surface area contributed by atoms with Gasteiger partial charge >= 0.3 is 0 Å². The number of ether oxygens (including phenoxy) is 1. The lowest BCUT2D eigenvalue weighted by atomic mass is 10.1. The van der Waals surface area contributed by atoms with Crippen LogP contribution >= 0.6 is 27.3 Å². The minimum Gasteiger partial charge on any atom is -0.496 e. The van der Waals surface area contributed by atoms with E-state index in [1.54, 1.807) is 7.11 Å². The number of carbonyl (C=O) groups excluding carboxylic acids is 1. The summed E-state index contributed by atoms with van der Waals surface area (Å²) >= 11 is 4.92. The van der Waals surface area contributed by atoms with E-state index < -0.39 is 0 Å². The molecule has 2 nitrogen and oxygen atoms in total. The molecular formula is C14H13BrO2S. The van der Waals surface area contributed by atoms with E-state index in [-0.39, 0.29) is 5.78 Å². The SMILES string of the molecule is COc1ccc(C)cc1C(=O)c1cc(Br)c(C)s1. The van der Waals surface area contributed by atoms with Gasteiger partial charge in [-0.05, 0) is 48.0 Å². The first-order valence-electron chi connectivity index (χ1n) is 5.48. The largest absolute Gasteiger partial charge is 0.496 e. The van der Waals surface area contributed by atoms with E-state index in [1.807, 2.05) is 38.1 Å². The Morgan fingerprint density at radius 1 is 1.28 bits per heavy atom. The van der Waals surface area contributed by atoms with Crippen molar-refractivity contribution in [3.8, 4) is 5.75 Å². The third kappa shape index (κ3) is 2.49. The van der Waals surface area contributed by atoms with Gasteiger partial charge in [-0.25, -0.2) is 0 Å². The summed E-state index contributed by atoms with van der Waals surface area (Å²) in [7, 11) is 1.58. The molecule has 0 radical (unpaired) electrons. The molecule has 0 aliphatic heterocycles. The number of benzene rings is 1. The van der Waals surface area contributed by atoms with Gasteiger partial charge in [0.05, 0.1) is 17.6 Å². The zero-order chi connectivity index (χ0) is 13.3. The van der Waals surface area contributed by atoms with Crippen LogP contribution in [0.4, 0.5) is 0 Å². The minimum absolute atomic E-state index is 0.00866. The average Bonchev–Trinajstić information content (AvgIpc) is 2.68. The summed E-state index contributed by atoms with van der Waals surface area (Å²) < 4.78 is 6.23. The van der Waals surface area contributed by atoms with E-state index in [0.717, 1.165) is 19.8 Å². The fraction of sp³-hybridized carbons (Fsp3) is 0.214. The number of carbonyl (C=O) groups is 1. The Balaban J connectivity index is 2.48. The Bertz CT molecular complexity index is 582. The van der Waals surface area contributed by atoms with E-state index in [1.165, 1.54) is 11.3 Å². The van der Waals surface area contributed by atoms with Crippen molar-refractivity contribution >= 4 is 33.0 Å². The molecule has 0 saturated carbocycles. The number of rotatable bonds is 3. The van der Waals surface area contributed by atoms with Gasteiger partial charge < -0.3 is 4.74 Å². The minimum atomic E-state index is 0.00866. The predicted molar refractivity (Wildman–Crippen MR) is 77.9 cm³/mol. The standard InChI is InChI=1S/C14H13BrO2S/c1-8-4-5-12(17-3)10(6-8)14(16)13-7-11(15)9(2)18-13/h4-7H,1-3H3. The quantitative estimate of drug-likeness (QED) is 0.784. The van der Waals surface area contributed by atoms with Crippen LogP contribution in [-0.2, 0) is 0 Å². The second kappa shape index (κ2) is 5.24. The lowest BCUT2D eigenvalue weighted by Gasteiger charge is -2.07. The summed E-state index contributed by atoms with van der Waals surface area (Å²) in [6.45, 7) is 3.95. The first-order valence-corrected chi connectivity index (χ1v) is 7.09. The van der Waals surface area contributed by atoms with Crippen molar-refractivity contribution < 1.29 is 9.53 Å². The van der Waals surface area contributed by atoms with E-state index in [9.17, 15) is 4.79 Å². The van der Waals surface area contributed by atoms with E-state index in [0.29, 0.717) is 11.3 Å². The fourth-order valence-corrected chi connectivity index (χ4v) is 3.19. The van der Waals surface area contributed by atoms with Gasteiger partial charge in [-0.2, -0.15) is 0 Å². The maximum atomic E-state index is 12.5. The number of halogens is 1. The van der Waals surface area contributed by atoms with Crippen molar-refractivity contribution in [2.24, 2.45) is 0 Å². The second-order valence-electron chi connectivity index (χ2n) is 4.05. The van der Waals surface area contributed by atoms with Crippen LogP contribution in [0.3, 0.4) is 0 Å². The van der Waals surface area contributed by atoms with Crippen LogP contribution < -0.4 is 4.74 Å². The van der Waals surface area contributed by atoms with Crippen molar-refractivity contribution in [3.05, 3.63) is 49.6 Å². The molecule has 2 aromatic rings. The highest BCUT2D eigenvalue weighted by atomic mass is 79.9. The molecule has 1 aromatic heterocycles. The maximum Gasteiger partial charge on any atom is 0.206 e. The number of hydrogen-bond donors (Lipinski definition) is 0. The van der Waals surface area contributed by atoms with Crippen LogP contribution in [0.1, 0.15) is 25.7 Å². The zero-order valence-corrected chi connectivity index (χ0v) is 12.8. The van der Waals surface area contributed by atoms with Crippen molar-refractivity contribution in [2.75, 3.05) is 7.11 Å². The van der Waals surface area contributed by atoms with Crippen LogP contribution in [0, 0.1) is 13.8 Å². The summed E-state index contributed by atoms with van der Waals surface area (Å²) in [5.41, 5.74) is 1.66. The van der Waals surface area contributed by atoms with Crippen LogP contribution in [0.25, 0.3) is 0 Å². The lowest BCUT2D eigenvalue weighted by Crippen LogP contribution is -2.02. The highest BCUT2D eigenvalue weighted by Gasteiger charge is 2.17. The van der Waals surface area contributed by atoms with Crippen molar-refractivity contribution in [3.63, 3.8) is 0 Å². The van der Waals surface area contributed by atoms with Crippen molar-refractivity contribution in [2.45, 2.75) is 13.8 Å². The van der Waals surface area contributed by atoms with E-state index in [2.05, 4.69) is 15.9 Å². The van der Waals surface area contributed by atoms with Gasteiger partial charge in [-0.3, -0.25) is 4.79 Å². The molecule has 0 fully saturated rings. The second-order valence-corrected chi connectivity index (χ2v) is 6.16. The molecule has 0 atom stereocenters. The van der Waals surface area contributed by atoms with E-state index >= 15 is 0 Å². The summed E-state index contributed by atoms with van der Waals surface area (Å²) in [6, 6.07) is 7.50. The molecule has 0 bridgehead atoms. The molecule has 0 aliphatic carbocycles. The van der Waals surface area contributed by atoms with Crippen LogP contribution in [0.15, 0.2) is 28.7 Å². The molecule has 0 N–H and O–H groups in total. The lowest BCUT2D eigenvalue weighted by molar-refractivity contribution is 0.103. The normalized spacial score (nSPS) is 10.4. The molecule has 0 aliphatic rings. The third-order valence-electron chi connectivity index (χ3n) is 2.68. The molecule has 2 rings (SSSR count). The Labute approximate surface area is 119 Å². The van der Waals surface area contributed by atoms with Gasteiger partial charge in [0, 0.05) is 9.35 Å². The Hall–Kier alpha value is -1.13. The van der Waals surface area contributed by atoms with Crippen LogP contribution in [0.2, 0.25) is 0 Å². The topological polar surface area (TPSA) is 26.3 Å². The molecule has 0 spiro atoms. The van der Waals surface area contributed by atoms with Gasteiger partial charge in [0.25, 0.3) is 0 Å². The number of thiophene rings is 1. The first-order chi connectivity index (χ1) is 8.52. The average molecular weight is 325 g/mol. The molecule has 94 valence electrons. The summed E-state index contributed by atoms with van der Waals surface area (Å²) in [4.78, 5) is 14.3. The molecule has 1 heterocycles. The van der Waals surface area contributed by atoms with Gasteiger partial charge in [0.15, 0.2) is 0 Å². The van der Waals surface area contributed by atoms with Crippen LogP contribution in [-0.4, -0.2) is 12.9 Å². The number of aryl methyl sites for hydroxylation is 2. The first kappa shape index (κ1) is 13.3. The molecule has 18 heavy (non-hydrogen) atoms. The van der Waals surface area contributed by atoms with Crippen LogP contribution in [0.5, 0.6) is 5.75 Å². The molecule has 4 heteroatoms. The number of hydrogen-bond acceptors (Lipinski definition) is 3. The molecule has 0 saturated heterocycles. The van der Waals surface area contributed by atoms with Crippen molar-refractivity contribution in [1.29, 1.82) is 0 Å². The molecule has 0 unspecified atom stereocenters. The van der Waals surface area contributed by atoms with Gasteiger partial charge in [0.1, 0.15) is 5.75 Å². The number of ketones is 1. The van der Waals surface area contributed by atoms with Gasteiger partial charge in [-0.15, -0.1) is 11.3 Å². The third-order valence-corrected chi connectivity index (χ3v) is 4.82. The highest BCUT2D eigenvalue weighted by Crippen LogP contribution is 2.30. The monoisotopic (exact) mass is 324 g/mol. The maximum absolute atomic E-state index is 12.5. The fourth-order valence-electron chi connectivity index (χ4n) is 1.70. The Morgan fingerprint density at radius 3 is 2.56 bits per heavy atom.